The van der Waals surface area contributed by atoms with Gasteiger partial charge in [-0.1, -0.05) is 23.7 Å². The fraction of sp³-hybridized carbons (Fsp3) is 0.143. The van der Waals surface area contributed by atoms with Crippen LogP contribution in [0.1, 0.15) is 16.8 Å². The first-order valence-electron chi connectivity index (χ1n) is 8.69. The van der Waals surface area contributed by atoms with Crippen LogP contribution in [0.2, 0.25) is 5.02 Å². The van der Waals surface area contributed by atoms with Gasteiger partial charge in [-0.2, -0.15) is 10.4 Å². The molecule has 0 unspecified atom stereocenters. The topological polar surface area (TPSA) is 97.0 Å². The molecule has 3 rings (SSSR count). The van der Waals surface area contributed by atoms with Gasteiger partial charge in [0.2, 0.25) is 5.91 Å². The predicted octanol–water partition coefficient (Wildman–Crippen LogP) is 3.82. The van der Waals surface area contributed by atoms with Crippen molar-refractivity contribution in [2.24, 2.45) is 0 Å². The molecular formula is C21H17ClN4O3. The van der Waals surface area contributed by atoms with Crippen molar-refractivity contribution in [3.63, 3.8) is 0 Å². The Balaban J connectivity index is 1.69. The summed E-state index contributed by atoms with van der Waals surface area (Å²) in [5.41, 5.74) is 0.970. The Morgan fingerprint density at radius 2 is 1.90 bits per heavy atom. The number of nitrogens with one attached hydrogen (secondary N) is 1. The Morgan fingerprint density at radius 3 is 2.55 bits per heavy atom. The number of nitriles is 1. The summed E-state index contributed by atoms with van der Waals surface area (Å²) in [6.07, 6.45) is 0. The van der Waals surface area contributed by atoms with E-state index in [0.717, 1.165) is 4.68 Å². The van der Waals surface area contributed by atoms with Crippen LogP contribution in [0.5, 0.6) is 11.5 Å². The Bertz CT molecular complexity index is 1160. The van der Waals surface area contributed by atoms with Gasteiger partial charge >= 0.3 is 0 Å². The van der Waals surface area contributed by atoms with E-state index in [4.69, 9.17) is 21.6 Å². The summed E-state index contributed by atoms with van der Waals surface area (Å²) in [6.45, 7) is 3.03. The number of amides is 1. The molecule has 1 heterocycles. The molecule has 0 radical (unpaired) electrons. The smallest absolute Gasteiger partial charge is 0.285 e. The zero-order valence-electron chi connectivity index (χ0n) is 15.8. The summed E-state index contributed by atoms with van der Waals surface area (Å²) >= 11 is 6.07. The summed E-state index contributed by atoms with van der Waals surface area (Å²) in [5.74, 6) is 0.646. The molecule has 1 N–H and O–H groups in total. The predicted molar refractivity (Wildman–Crippen MR) is 109 cm³/mol. The average molecular weight is 409 g/mol. The molecular weight excluding hydrogens is 392 g/mol. The molecule has 146 valence electrons. The van der Waals surface area contributed by atoms with E-state index in [0.29, 0.717) is 33.5 Å². The minimum absolute atomic E-state index is 0.00799. The first-order chi connectivity index (χ1) is 13.9. The molecule has 0 spiro atoms. The maximum Gasteiger partial charge on any atom is 0.285 e. The molecule has 0 bridgehead atoms. The fourth-order valence-electron chi connectivity index (χ4n) is 2.61. The van der Waals surface area contributed by atoms with E-state index in [1.165, 1.54) is 0 Å². The van der Waals surface area contributed by atoms with E-state index in [1.807, 2.05) is 18.2 Å². The zero-order chi connectivity index (χ0) is 21.0. The Morgan fingerprint density at radius 1 is 1.21 bits per heavy atom. The van der Waals surface area contributed by atoms with E-state index in [9.17, 15) is 9.59 Å². The number of hydrogen-bond acceptors (Lipinski definition) is 5. The fourth-order valence-corrected chi connectivity index (χ4v) is 2.78. The highest BCUT2D eigenvalue weighted by Gasteiger charge is 2.14. The molecule has 2 aromatic carbocycles. The molecule has 3 aromatic rings. The SMILES string of the molecule is Cc1nn(CC(=O)Nc2ccc(Oc3ccccc3Cl)cc2)c(=O)c(C#N)c1C. The van der Waals surface area contributed by atoms with Crippen molar-refractivity contribution in [2.75, 3.05) is 5.32 Å². The molecule has 0 atom stereocenters. The van der Waals surface area contributed by atoms with Crippen LogP contribution in [0.3, 0.4) is 0 Å². The van der Waals surface area contributed by atoms with E-state index in [1.54, 1.807) is 50.2 Å². The van der Waals surface area contributed by atoms with Crippen LogP contribution in [0.4, 0.5) is 5.69 Å². The average Bonchev–Trinajstić information content (AvgIpc) is 2.70. The van der Waals surface area contributed by atoms with Crippen molar-refractivity contribution in [1.82, 2.24) is 9.78 Å². The summed E-state index contributed by atoms with van der Waals surface area (Å²) in [6, 6.07) is 15.7. The first-order valence-corrected chi connectivity index (χ1v) is 9.07. The van der Waals surface area contributed by atoms with E-state index in [2.05, 4.69) is 10.4 Å². The van der Waals surface area contributed by atoms with Gasteiger partial charge in [0, 0.05) is 5.69 Å². The van der Waals surface area contributed by atoms with Gasteiger partial charge in [-0.15, -0.1) is 0 Å². The van der Waals surface area contributed by atoms with E-state index >= 15 is 0 Å². The molecule has 8 heteroatoms. The molecule has 0 aliphatic rings. The molecule has 1 aromatic heterocycles. The Labute approximate surface area is 172 Å². The second-order valence-electron chi connectivity index (χ2n) is 6.27. The van der Waals surface area contributed by atoms with Crippen molar-refractivity contribution in [1.29, 1.82) is 5.26 Å². The van der Waals surface area contributed by atoms with Gasteiger partial charge in [0.1, 0.15) is 29.7 Å². The van der Waals surface area contributed by atoms with E-state index < -0.39 is 11.5 Å². The van der Waals surface area contributed by atoms with Crippen molar-refractivity contribution in [2.45, 2.75) is 20.4 Å². The van der Waals surface area contributed by atoms with Gasteiger partial charge in [-0.05, 0) is 55.8 Å². The largest absolute Gasteiger partial charge is 0.456 e. The third kappa shape index (κ3) is 4.62. The summed E-state index contributed by atoms with van der Waals surface area (Å²) in [4.78, 5) is 24.6. The quantitative estimate of drug-likeness (QED) is 0.692. The molecule has 0 saturated carbocycles. The number of benzene rings is 2. The van der Waals surface area contributed by atoms with Crippen LogP contribution in [-0.2, 0) is 11.3 Å². The number of carbonyl (C=O) groups is 1. The van der Waals surface area contributed by atoms with Crippen LogP contribution in [0.25, 0.3) is 0 Å². The summed E-state index contributed by atoms with van der Waals surface area (Å²) < 4.78 is 6.69. The second kappa shape index (κ2) is 8.59. The number of ether oxygens (including phenoxy) is 1. The standard InChI is InChI=1S/C21H17ClN4O3/c1-13-14(2)25-26(21(28)17(13)11-23)12-20(27)24-15-7-9-16(10-8-15)29-19-6-4-3-5-18(19)22/h3-10H,12H2,1-2H3,(H,24,27). The molecule has 0 aliphatic carbocycles. The molecule has 0 saturated heterocycles. The molecule has 0 aliphatic heterocycles. The minimum atomic E-state index is -0.589. The van der Waals surface area contributed by atoms with Gasteiger partial charge < -0.3 is 10.1 Å². The highest BCUT2D eigenvalue weighted by Crippen LogP contribution is 2.29. The van der Waals surface area contributed by atoms with Crippen LogP contribution < -0.4 is 15.6 Å². The lowest BCUT2D eigenvalue weighted by Crippen LogP contribution is -2.32. The molecule has 7 nitrogen and oxygen atoms in total. The summed E-state index contributed by atoms with van der Waals surface area (Å²) in [5, 5.41) is 16.4. The lowest BCUT2D eigenvalue weighted by Gasteiger charge is -2.11. The maximum absolute atomic E-state index is 12.3. The van der Waals surface area contributed by atoms with Gasteiger partial charge in [0.15, 0.2) is 0 Å². The second-order valence-corrected chi connectivity index (χ2v) is 6.67. The molecule has 29 heavy (non-hydrogen) atoms. The highest BCUT2D eigenvalue weighted by molar-refractivity contribution is 6.32. The molecule has 1 amide bonds. The number of aryl methyl sites for hydroxylation is 1. The third-order valence-corrected chi connectivity index (χ3v) is 4.56. The van der Waals surface area contributed by atoms with Crippen LogP contribution in [0.15, 0.2) is 53.3 Å². The number of anilines is 1. The van der Waals surface area contributed by atoms with Crippen molar-refractivity contribution in [3.8, 4) is 17.6 Å². The maximum atomic E-state index is 12.3. The normalized spacial score (nSPS) is 10.3. The van der Waals surface area contributed by atoms with Crippen LogP contribution in [0, 0.1) is 25.2 Å². The van der Waals surface area contributed by atoms with Gasteiger partial charge in [0.05, 0.1) is 10.7 Å². The van der Waals surface area contributed by atoms with E-state index in [-0.39, 0.29) is 12.1 Å². The first kappa shape index (κ1) is 20.1. The van der Waals surface area contributed by atoms with Crippen LogP contribution in [-0.4, -0.2) is 15.7 Å². The van der Waals surface area contributed by atoms with Crippen molar-refractivity contribution < 1.29 is 9.53 Å². The Hall–Kier alpha value is -3.63. The Kier molecular flexibility index (Phi) is 5.96. The lowest BCUT2D eigenvalue weighted by atomic mass is 10.1. The minimum Gasteiger partial charge on any atom is -0.456 e. The number of carbonyl (C=O) groups excluding carboxylic acids is 1. The van der Waals surface area contributed by atoms with Crippen molar-refractivity contribution >= 4 is 23.2 Å². The van der Waals surface area contributed by atoms with Crippen LogP contribution >= 0.6 is 11.6 Å². The van der Waals surface area contributed by atoms with Gasteiger partial charge in [-0.25, -0.2) is 4.68 Å². The number of aromatic nitrogens is 2. The number of rotatable bonds is 5. The number of nitrogens with zero attached hydrogens (tertiary/aromatic N) is 3. The number of para-hydroxylation sites is 1. The monoisotopic (exact) mass is 408 g/mol. The third-order valence-electron chi connectivity index (χ3n) is 4.24. The zero-order valence-corrected chi connectivity index (χ0v) is 16.5. The summed E-state index contributed by atoms with van der Waals surface area (Å²) in [7, 11) is 0. The molecule has 0 fully saturated rings. The highest BCUT2D eigenvalue weighted by atomic mass is 35.5. The lowest BCUT2D eigenvalue weighted by molar-refractivity contribution is -0.117. The van der Waals surface area contributed by atoms with Gasteiger partial charge in [0.25, 0.3) is 5.56 Å². The van der Waals surface area contributed by atoms with Crippen molar-refractivity contribution in [3.05, 3.63) is 80.7 Å². The van der Waals surface area contributed by atoms with Gasteiger partial charge in [-0.3, -0.25) is 9.59 Å². The number of hydrogen-bond donors (Lipinski definition) is 1. The number of halogens is 1.